The number of alkyl halides is 3. The Bertz CT molecular complexity index is 273. The van der Waals surface area contributed by atoms with Crippen LogP contribution in [0.15, 0.2) is 0 Å². The summed E-state index contributed by atoms with van der Waals surface area (Å²) in [7, 11) is 0. The molecule has 1 fully saturated rings. The van der Waals surface area contributed by atoms with Crippen molar-refractivity contribution in [3.8, 4) is 0 Å². The molecule has 1 aliphatic rings. The van der Waals surface area contributed by atoms with Crippen LogP contribution in [0.3, 0.4) is 0 Å². The molecule has 0 saturated carbocycles. The number of hydrogen-bond acceptors (Lipinski definition) is 4. The van der Waals surface area contributed by atoms with Gasteiger partial charge in [-0.05, 0) is 6.26 Å². The van der Waals surface area contributed by atoms with Gasteiger partial charge in [0, 0.05) is 0 Å². The fraction of sp³-hybridized carbons (Fsp3) is 1.00. The van der Waals surface area contributed by atoms with Crippen molar-refractivity contribution in [3.63, 3.8) is 0 Å². The Morgan fingerprint density at radius 2 is 1.68 bits per heavy atom. The molecule has 2 atom stereocenters. The van der Waals surface area contributed by atoms with E-state index in [1.165, 1.54) is 25.8 Å². The SMILES string of the molecule is CS.C[C](C)(C)[Pb].NC1CN(CCC[O][Pb])CC1C(F)(F)F. The molecule has 9 heteroatoms. The molecule has 0 aromatic carbocycles. The van der Waals surface area contributed by atoms with Crippen LogP contribution >= 0.6 is 12.6 Å². The first-order valence-corrected chi connectivity index (χ1v) is 11.4. The third kappa shape index (κ3) is 15.4. The van der Waals surface area contributed by atoms with Crippen LogP contribution < -0.4 is 5.73 Å². The summed E-state index contributed by atoms with van der Waals surface area (Å²) in [6.07, 6.45) is -1.69. The maximum atomic E-state index is 12.4. The Kier molecular flexibility index (Phi) is 15.6. The predicted molar refractivity (Wildman–Crippen MR) is 90.7 cm³/mol. The summed E-state index contributed by atoms with van der Waals surface area (Å²) in [6, 6.07) is -0.776. The Hall–Kier alpha value is 1.86. The van der Waals surface area contributed by atoms with Gasteiger partial charge < -0.3 is 0 Å². The molecule has 0 aromatic rings. The van der Waals surface area contributed by atoms with Gasteiger partial charge in [0.15, 0.2) is 0 Å². The van der Waals surface area contributed by atoms with Gasteiger partial charge in [0.05, 0.1) is 0 Å². The molecule has 3 nitrogen and oxygen atoms in total. The Labute approximate surface area is 170 Å². The van der Waals surface area contributed by atoms with Crippen molar-refractivity contribution in [2.75, 3.05) is 32.5 Å². The van der Waals surface area contributed by atoms with Gasteiger partial charge in [-0.1, -0.05) is 0 Å². The zero-order chi connectivity index (χ0) is 18.0. The van der Waals surface area contributed by atoms with E-state index in [4.69, 9.17) is 8.42 Å². The second-order valence-corrected chi connectivity index (χ2v) is 13.0. The Morgan fingerprint density at radius 3 is 2.00 bits per heavy atom. The van der Waals surface area contributed by atoms with E-state index in [1.807, 2.05) is 0 Å². The molecule has 130 valence electrons. The van der Waals surface area contributed by atoms with E-state index < -0.39 is 18.1 Å². The molecule has 0 amide bonds. The summed E-state index contributed by atoms with van der Waals surface area (Å²) in [5, 5.41) is 0. The number of nitrogens with two attached hydrogens (primary N) is 1. The molecular weight excluding hydrogens is 704 g/mol. The van der Waals surface area contributed by atoms with Crippen LogP contribution in [0.4, 0.5) is 13.2 Å². The van der Waals surface area contributed by atoms with Gasteiger partial charge in [-0.15, -0.1) is 0 Å². The molecule has 2 unspecified atom stereocenters. The van der Waals surface area contributed by atoms with Crippen LogP contribution in [0, 0.1) is 5.92 Å². The second-order valence-electron chi connectivity index (χ2n) is 6.02. The molecule has 0 bridgehead atoms. The molecule has 1 saturated heterocycles. The molecule has 2 N–H and O–H groups in total. The van der Waals surface area contributed by atoms with Crippen molar-refractivity contribution in [1.29, 1.82) is 0 Å². The van der Waals surface area contributed by atoms with Crippen molar-refractivity contribution >= 4 is 64.6 Å². The maximum absolute atomic E-state index is 12.4. The number of hydrogen-bond donors (Lipinski definition) is 2. The summed E-state index contributed by atoms with van der Waals surface area (Å²) >= 11 is 5.51. The van der Waals surface area contributed by atoms with Gasteiger partial charge in [-0.2, -0.15) is 12.6 Å². The summed E-state index contributed by atoms with van der Waals surface area (Å²) < 4.78 is 43.0. The number of nitrogens with zero attached hydrogens (tertiary/aromatic N) is 1. The number of halogens is 3. The van der Waals surface area contributed by atoms with Crippen LogP contribution in [0.5, 0.6) is 0 Å². The normalized spacial score (nSPS) is 22.5. The molecule has 1 heterocycles. The molecule has 0 aromatic heterocycles. The number of thiol groups is 1. The quantitative estimate of drug-likeness (QED) is 0.265. The molecule has 22 heavy (non-hydrogen) atoms. The van der Waals surface area contributed by atoms with Crippen molar-refractivity contribution in [2.24, 2.45) is 11.7 Å². The molecule has 1 aliphatic heterocycles. The third-order valence-electron chi connectivity index (χ3n) is 2.58. The molecule has 1 rings (SSSR count). The van der Waals surface area contributed by atoms with Crippen molar-refractivity contribution in [2.45, 2.75) is 42.4 Å². The van der Waals surface area contributed by atoms with Gasteiger partial charge in [-0.25, -0.2) is 0 Å². The average molecular weight is 731 g/mol. The van der Waals surface area contributed by atoms with Crippen molar-refractivity contribution in [1.82, 2.24) is 4.90 Å². The van der Waals surface area contributed by atoms with Crippen LogP contribution in [0.25, 0.3) is 0 Å². The van der Waals surface area contributed by atoms with Gasteiger partial charge >= 0.3 is 153 Å². The van der Waals surface area contributed by atoms with Gasteiger partial charge in [-0.3, -0.25) is 0 Å². The van der Waals surface area contributed by atoms with Gasteiger partial charge in [0.25, 0.3) is 0 Å². The van der Waals surface area contributed by atoms with E-state index in [-0.39, 0.29) is 6.54 Å². The molecular formula is C13H27F3N2OPb2S. The molecule has 0 spiro atoms. The van der Waals surface area contributed by atoms with Crippen molar-refractivity contribution in [3.05, 3.63) is 0 Å². The number of rotatable bonds is 4. The minimum absolute atomic E-state index is 0.0335. The van der Waals surface area contributed by atoms with E-state index in [0.29, 0.717) is 48.9 Å². The summed E-state index contributed by atoms with van der Waals surface area (Å²) in [5.41, 5.74) is 5.47. The topological polar surface area (TPSA) is 38.5 Å². The summed E-state index contributed by atoms with van der Waals surface area (Å²) in [6.45, 7) is 8.39. The zero-order valence-corrected chi connectivity index (χ0v) is 22.4. The van der Waals surface area contributed by atoms with E-state index in [0.717, 1.165) is 6.42 Å². The predicted octanol–water partition coefficient (Wildman–Crippen LogP) is 2.22. The molecule has 0 aliphatic carbocycles. The standard InChI is InChI=1S/C8H14F3N2O.C4H9.CH4S.2Pb/c9-8(10,11)6-4-13(2-1-3-14)5-7(6)12;1-4(2)3;1-2;;/h6-7H,1-5,12H2;1-3H3;2H,1H3;;/q-1;;;;+1. The first-order chi connectivity index (χ1) is 9.95. The Balaban J connectivity index is 0. The van der Waals surface area contributed by atoms with E-state index in [2.05, 4.69) is 33.4 Å². The van der Waals surface area contributed by atoms with Gasteiger partial charge in [0.2, 0.25) is 0 Å². The van der Waals surface area contributed by atoms with E-state index >= 15 is 0 Å². The molecule has 6 radical (unpaired) electrons. The fourth-order valence-corrected chi connectivity index (χ4v) is 2.36. The average Bonchev–Trinajstić information content (AvgIpc) is 2.71. The van der Waals surface area contributed by atoms with E-state index in [9.17, 15) is 13.2 Å². The van der Waals surface area contributed by atoms with Crippen molar-refractivity contribution < 1.29 is 15.9 Å². The van der Waals surface area contributed by atoms with Crippen LogP contribution in [0.1, 0.15) is 27.2 Å². The van der Waals surface area contributed by atoms with E-state index in [1.54, 1.807) is 11.2 Å². The van der Waals surface area contributed by atoms with Crippen LogP contribution in [0.2, 0.25) is 2.97 Å². The van der Waals surface area contributed by atoms with Gasteiger partial charge in [0.1, 0.15) is 0 Å². The minimum atomic E-state index is -4.16. The zero-order valence-electron chi connectivity index (χ0n) is 13.7. The summed E-state index contributed by atoms with van der Waals surface area (Å²) in [4.78, 5) is 1.77. The van der Waals surface area contributed by atoms with Crippen LogP contribution in [-0.4, -0.2) is 102 Å². The monoisotopic (exact) mass is 732 g/mol. The first-order valence-electron chi connectivity index (χ1n) is 6.98. The number of likely N-dealkylation sites (tertiary alicyclic amines) is 1. The fourth-order valence-electron chi connectivity index (χ4n) is 1.80. The van der Waals surface area contributed by atoms with Crippen LogP contribution in [-0.2, 0) is 2.69 Å². The third-order valence-corrected chi connectivity index (χ3v) is 3.38. The Morgan fingerprint density at radius 1 is 1.23 bits per heavy atom. The summed E-state index contributed by atoms with van der Waals surface area (Å²) in [5.74, 6) is -1.37. The first kappa shape index (κ1) is 26.1. The second kappa shape index (κ2) is 13.1.